The van der Waals surface area contributed by atoms with Crippen molar-refractivity contribution >= 4 is 29.5 Å². The molecule has 1 amide bonds. The number of nitrogens with two attached hydrogens (primary N) is 1. The van der Waals surface area contributed by atoms with Crippen molar-refractivity contribution in [3.8, 4) is 5.75 Å². The van der Waals surface area contributed by atoms with Gasteiger partial charge in [-0.15, -0.1) is 0 Å². The number of unbranched alkanes of at least 4 members (excludes halogenated alkanes) is 1. The molecule has 2 rings (SSSR count). The van der Waals surface area contributed by atoms with Crippen LogP contribution in [0.1, 0.15) is 39.2 Å². The number of nitrogens with one attached hydrogen (secondary N) is 1. The van der Waals surface area contributed by atoms with E-state index in [9.17, 15) is 9.59 Å². The highest BCUT2D eigenvalue weighted by molar-refractivity contribution is 5.81. The molecule has 1 unspecified atom stereocenters. The lowest BCUT2D eigenvalue weighted by Crippen LogP contribution is -2.35. The molecule has 0 aliphatic heterocycles. The highest BCUT2D eigenvalue weighted by atomic mass is 16.6. The number of esters is 1. The maximum Gasteiger partial charge on any atom is 0.414 e. The third kappa shape index (κ3) is 7.79. The van der Waals surface area contributed by atoms with E-state index in [0.717, 1.165) is 31.5 Å². The number of nitrogen functional groups attached to an aromatic ring is 1. The molecule has 1 aromatic carbocycles. The van der Waals surface area contributed by atoms with Gasteiger partial charge in [0.2, 0.25) is 5.95 Å². The van der Waals surface area contributed by atoms with E-state index in [1.54, 1.807) is 38.4 Å². The first-order valence-electron chi connectivity index (χ1n) is 11.6. The lowest BCUT2D eigenvalue weighted by molar-refractivity contribution is -0.144. The summed E-state index contributed by atoms with van der Waals surface area (Å²) in [7, 11) is 3.23. The Morgan fingerprint density at radius 2 is 1.79 bits per heavy atom. The molecule has 0 saturated carbocycles. The van der Waals surface area contributed by atoms with E-state index >= 15 is 0 Å². The van der Waals surface area contributed by atoms with Crippen LogP contribution in [0, 0.1) is 0 Å². The summed E-state index contributed by atoms with van der Waals surface area (Å²) in [6, 6.07) is 6.27. The summed E-state index contributed by atoms with van der Waals surface area (Å²) in [6.45, 7) is 7.90. The van der Waals surface area contributed by atoms with Crippen molar-refractivity contribution in [3.05, 3.63) is 36.0 Å². The normalized spacial score (nSPS) is 11.4. The molecule has 0 radical (unpaired) electrons. The van der Waals surface area contributed by atoms with Crippen LogP contribution < -0.4 is 20.7 Å². The number of hydrogen-bond acceptors (Lipinski definition) is 9. The number of amides is 1. The molecule has 0 aliphatic rings. The second-order valence-electron chi connectivity index (χ2n) is 7.97. The monoisotopic (exact) mass is 472 g/mol. The zero-order valence-corrected chi connectivity index (χ0v) is 20.7. The fraction of sp³-hybridized carbons (Fsp3) is 0.500. The van der Waals surface area contributed by atoms with Crippen LogP contribution >= 0.6 is 0 Å². The first-order chi connectivity index (χ1) is 16.3. The summed E-state index contributed by atoms with van der Waals surface area (Å²) in [5.74, 6) is 0.943. The molecule has 10 heteroatoms. The van der Waals surface area contributed by atoms with Gasteiger partial charge in [0, 0.05) is 33.6 Å². The maximum atomic E-state index is 12.9. The number of benzene rings is 1. The van der Waals surface area contributed by atoms with Gasteiger partial charge in [0.25, 0.3) is 0 Å². The molecule has 34 heavy (non-hydrogen) atoms. The number of rotatable bonds is 12. The molecule has 186 valence electrons. The molecule has 1 aromatic heterocycles. The number of carbonyl (C=O) groups excluding carboxylic acids is 2. The average molecular weight is 473 g/mol. The molecule has 0 spiro atoms. The smallest absolute Gasteiger partial charge is 0.414 e. The van der Waals surface area contributed by atoms with E-state index in [1.165, 1.54) is 11.1 Å². The van der Waals surface area contributed by atoms with E-state index in [-0.39, 0.29) is 5.97 Å². The quantitative estimate of drug-likeness (QED) is 0.354. The molecular weight excluding hydrogens is 436 g/mol. The van der Waals surface area contributed by atoms with Gasteiger partial charge in [-0.25, -0.2) is 14.6 Å². The van der Waals surface area contributed by atoms with Crippen molar-refractivity contribution in [1.29, 1.82) is 0 Å². The van der Waals surface area contributed by atoms with E-state index in [2.05, 4.69) is 15.3 Å². The van der Waals surface area contributed by atoms with Gasteiger partial charge in [-0.2, -0.15) is 4.98 Å². The van der Waals surface area contributed by atoms with Gasteiger partial charge < -0.3 is 30.3 Å². The fourth-order valence-corrected chi connectivity index (χ4v) is 3.05. The molecule has 1 heterocycles. The van der Waals surface area contributed by atoms with Crippen LogP contribution in [0.25, 0.3) is 0 Å². The molecule has 0 bridgehead atoms. The van der Waals surface area contributed by atoms with Crippen LogP contribution in [0.5, 0.6) is 5.75 Å². The maximum absolute atomic E-state index is 12.9. The average Bonchev–Trinajstić information content (AvgIpc) is 2.82. The van der Waals surface area contributed by atoms with Gasteiger partial charge in [0.1, 0.15) is 11.8 Å². The Labute approximate surface area is 201 Å². The van der Waals surface area contributed by atoms with Crippen LogP contribution in [0.2, 0.25) is 0 Å². The van der Waals surface area contributed by atoms with Gasteiger partial charge >= 0.3 is 12.1 Å². The Morgan fingerprint density at radius 3 is 2.38 bits per heavy atom. The zero-order chi connectivity index (χ0) is 25.1. The number of aromatic nitrogens is 2. The van der Waals surface area contributed by atoms with Gasteiger partial charge in [-0.05, 0) is 38.0 Å². The topological polar surface area (TPSA) is 123 Å². The first-order valence-corrected chi connectivity index (χ1v) is 11.6. The molecule has 0 saturated heterocycles. The van der Waals surface area contributed by atoms with E-state index in [4.69, 9.17) is 15.2 Å². The Kier molecular flexibility index (Phi) is 10.4. The number of ether oxygens (including phenoxy) is 2. The molecule has 3 N–H and O–H groups in total. The fourth-order valence-electron chi connectivity index (χ4n) is 3.05. The number of hydrogen-bond donors (Lipinski definition) is 2. The van der Waals surface area contributed by atoms with E-state index in [0.29, 0.717) is 36.2 Å². The van der Waals surface area contributed by atoms with Crippen LogP contribution in [0.3, 0.4) is 0 Å². The van der Waals surface area contributed by atoms with Crippen LogP contribution in [0.4, 0.5) is 22.2 Å². The summed E-state index contributed by atoms with van der Waals surface area (Å²) < 4.78 is 10.7. The van der Waals surface area contributed by atoms with Crippen molar-refractivity contribution in [2.75, 3.05) is 49.7 Å². The number of carbonyl (C=O) groups is 2. The van der Waals surface area contributed by atoms with Gasteiger partial charge in [-0.3, -0.25) is 0 Å². The molecule has 2 aromatic rings. The minimum absolute atomic E-state index is 0.330. The summed E-state index contributed by atoms with van der Waals surface area (Å²) in [5.41, 5.74) is 7.31. The van der Waals surface area contributed by atoms with Gasteiger partial charge in [0.05, 0.1) is 18.5 Å². The van der Waals surface area contributed by atoms with Crippen LogP contribution in [-0.2, 0) is 16.0 Å². The van der Waals surface area contributed by atoms with Crippen LogP contribution in [0.15, 0.2) is 30.5 Å². The minimum atomic E-state index is -0.714. The van der Waals surface area contributed by atoms with Gasteiger partial charge in [0.15, 0.2) is 5.82 Å². The van der Waals surface area contributed by atoms with E-state index in [1.807, 2.05) is 25.7 Å². The molecule has 0 aliphatic carbocycles. The second-order valence-corrected chi connectivity index (χ2v) is 7.97. The van der Waals surface area contributed by atoms with Crippen LogP contribution in [-0.4, -0.2) is 66.8 Å². The second kappa shape index (κ2) is 13.2. The standard InChI is InChI=1S/C24H36N6O4/c1-6-9-14-33-22(31)20(15-17-10-12-18(13-11-17)34-24(32)29(4)5)27-21-19(25)16-26-23(28-21)30(7-2)8-3/h10-13,16,20H,6-9,14-15,25H2,1-5H3,(H,26,27,28). The molecule has 0 fully saturated rings. The summed E-state index contributed by atoms with van der Waals surface area (Å²) in [6.07, 6.45) is 3.11. The van der Waals surface area contributed by atoms with E-state index < -0.39 is 12.1 Å². The van der Waals surface area contributed by atoms with Crippen molar-refractivity contribution < 1.29 is 19.1 Å². The highest BCUT2D eigenvalue weighted by Gasteiger charge is 2.23. The predicted octanol–water partition coefficient (Wildman–Crippen LogP) is 3.33. The molecule has 10 nitrogen and oxygen atoms in total. The first kappa shape index (κ1) is 26.7. The minimum Gasteiger partial charge on any atom is -0.464 e. The Balaban J connectivity index is 2.23. The SMILES string of the molecule is CCCCOC(=O)C(Cc1ccc(OC(=O)N(C)C)cc1)Nc1nc(N(CC)CC)ncc1N. The zero-order valence-electron chi connectivity index (χ0n) is 20.7. The lowest BCUT2D eigenvalue weighted by atomic mass is 10.1. The van der Waals surface area contributed by atoms with Crippen molar-refractivity contribution in [3.63, 3.8) is 0 Å². The third-order valence-electron chi connectivity index (χ3n) is 5.12. The van der Waals surface area contributed by atoms with Crippen molar-refractivity contribution in [2.45, 2.75) is 46.1 Å². The Morgan fingerprint density at radius 1 is 1.12 bits per heavy atom. The highest BCUT2D eigenvalue weighted by Crippen LogP contribution is 2.21. The lowest BCUT2D eigenvalue weighted by Gasteiger charge is -2.22. The Hall–Kier alpha value is -3.56. The summed E-state index contributed by atoms with van der Waals surface area (Å²) >= 11 is 0. The Bertz CT molecular complexity index is 932. The predicted molar refractivity (Wildman–Crippen MR) is 133 cm³/mol. The largest absolute Gasteiger partial charge is 0.464 e. The number of nitrogens with zero attached hydrogens (tertiary/aromatic N) is 4. The summed E-state index contributed by atoms with van der Waals surface area (Å²) in [4.78, 5) is 36.8. The summed E-state index contributed by atoms with van der Waals surface area (Å²) in [5, 5.41) is 3.16. The molecule has 1 atom stereocenters. The molecular formula is C24H36N6O4. The number of anilines is 3. The third-order valence-corrected chi connectivity index (χ3v) is 5.12. The van der Waals surface area contributed by atoms with Crippen molar-refractivity contribution in [2.24, 2.45) is 0 Å². The van der Waals surface area contributed by atoms with Crippen molar-refractivity contribution in [1.82, 2.24) is 14.9 Å². The van der Waals surface area contributed by atoms with Gasteiger partial charge in [-0.1, -0.05) is 25.5 Å².